The third kappa shape index (κ3) is 2.61. The van der Waals surface area contributed by atoms with E-state index in [0.717, 1.165) is 19.3 Å². The summed E-state index contributed by atoms with van der Waals surface area (Å²) in [6.45, 7) is 6.48. The number of halogens is 3. The fourth-order valence-electron chi connectivity index (χ4n) is 3.15. The number of hydrogen-bond acceptors (Lipinski definition) is 1. The van der Waals surface area contributed by atoms with Gasteiger partial charge >= 0.3 is 6.18 Å². The summed E-state index contributed by atoms with van der Waals surface area (Å²) in [6.07, 6.45) is -0.681. The van der Waals surface area contributed by atoms with Gasteiger partial charge in [-0.15, -0.1) is 0 Å². The molecule has 0 spiro atoms. The summed E-state index contributed by atoms with van der Waals surface area (Å²) in [6, 6.07) is 0.0344. The molecule has 1 N–H and O–H groups in total. The first kappa shape index (κ1) is 13.2. The van der Waals surface area contributed by atoms with Crippen molar-refractivity contribution in [3.63, 3.8) is 0 Å². The zero-order chi connectivity index (χ0) is 12.9. The van der Waals surface area contributed by atoms with Gasteiger partial charge in [-0.05, 0) is 43.4 Å². The van der Waals surface area contributed by atoms with Gasteiger partial charge in [-0.2, -0.15) is 13.2 Å². The highest BCUT2D eigenvalue weighted by atomic mass is 19.4. The van der Waals surface area contributed by atoms with E-state index < -0.39 is 11.7 Å². The van der Waals surface area contributed by atoms with E-state index in [9.17, 15) is 13.2 Å². The Hall–Kier alpha value is -0.250. The first-order chi connectivity index (χ1) is 7.65. The molecule has 0 aromatic carbocycles. The topological polar surface area (TPSA) is 12.0 Å². The number of hydrogen-bond donors (Lipinski definition) is 1. The van der Waals surface area contributed by atoms with Gasteiger partial charge in [0.05, 0.1) is 0 Å². The van der Waals surface area contributed by atoms with Gasteiger partial charge < -0.3 is 5.32 Å². The second kappa shape index (κ2) is 3.87. The summed E-state index contributed by atoms with van der Waals surface area (Å²) in [5.74, 6) is 0.332. The van der Waals surface area contributed by atoms with Crippen LogP contribution in [-0.2, 0) is 0 Å². The van der Waals surface area contributed by atoms with Gasteiger partial charge in [0.25, 0.3) is 0 Å². The summed E-state index contributed by atoms with van der Waals surface area (Å²) < 4.78 is 38.6. The van der Waals surface area contributed by atoms with Crippen molar-refractivity contribution in [1.82, 2.24) is 5.32 Å². The van der Waals surface area contributed by atoms with Crippen molar-refractivity contribution in [1.29, 1.82) is 0 Å². The van der Waals surface area contributed by atoms with Crippen LogP contribution in [0.25, 0.3) is 0 Å². The lowest BCUT2D eigenvalue weighted by Crippen LogP contribution is -2.53. The average molecular weight is 249 g/mol. The van der Waals surface area contributed by atoms with Gasteiger partial charge in [0.1, 0.15) is 5.54 Å². The zero-order valence-corrected chi connectivity index (χ0v) is 10.8. The van der Waals surface area contributed by atoms with E-state index >= 15 is 0 Å². The molecular formula is C13H22F3N. The fraction of sp³-hybridized carbons (Fsp3) is 1.00. The SMILES string of the molecule is CC1CC(C)(C)CCC1NC1(C(F)(F)F)CC1. The van der Waals surface area contributed by atoms with Crippen LogP contribution in [0, 0.1) is 11.3 Å². The molecule has 2 aliphatic rings. The first-order valence-electron chi connectivity index (χ1n) is 6.50. The third-order valence-corrected chi connectivity index (χ3v) is 4.45. The summed E-state index contributed by atoms with van der Waals surface area (Å²) in [7, 11) is 0. The quantitative estimate of drug-likeness (QED) is 0.783. The van der Waals surface area contributed by atoms with Gasteiger partial charge in [0.15, 0.2) is 0 Å². The van der Waals surface area contributed by atoms with E-state index in [1.807, 2.05) is 0 Å². The molecule has 1 nitrogen and oxygen atoms in total. The summed E-state index contributed by atoms with van der Waals surface area (Å²) >= 11 is 0. The van der Waals surface area contributed by atoms with Gasteiger partial charge in [-0.1, -0.05) is 20.8 Å². The molecular weight excluding hydrogens is 227 g/mol. The minimum absolute atomic E-state index is 0.0344. The molecule has 2 fully saturated rings. The van der Waals surface area contributed by atoms with Gasteiger partial charge in [0, 0.05) is 6.04 Å². The van der Waals surface area contributed by atoms with Gasteiger partial charge in [-0.3, -0.25) is 0 Å². The highest BCUT2D eigenvalue weighted by molar-refractivity contribution is 5.10. The first-order valence-corrected chi connectivity index (χ1v) is 6.50. The van der Waals surface area contributed by atoms with Crippen molar-refractivity contribution < 1.29 is 13.2 Å². The van der Waals surface area contributed by atoms with Crippen LogP contribution >= 0.6 is 0 Å². The number of rotatable bonds is 2. The molecule has 0 heterocycles. The van der Waals surface area contributed by atoms with Crippen LogP contribution in [0.2, 0.25) is 0 Å². The molecule has 2 rings (SSSR count). The van der Waals surface area contributed by atoms with Crippen molar-refractivity contribution in [2.24, 2.45) is 11.3 Å². The van der Waals surface area contributed by atoms with Crippen LogP contribution in [0.1, 0.15) is 52.9 Å². The minimum atomic E-state index is -4.08. The van der Waals surface area contributed by atoms with E-state index in [1.54, 1.807) is 0 Å². The minimum Gasteiger partial charge on any atom is -0.301 e. The van der Waals surface area contributed by atoms with Crippen molar-refractivity contribution in [3.05, 3.63) is 0 Å². The van der Waals surface area contributed by atoms with Crippen LogP contribution in [0.5, 0.6) is 0 Å². The predicted molar refractivity (Wildman–Crippen MR) is 61.7 cm³/mol. The van der Waals surface area contributed by atoms with Crippen molar-refractivity contribution in [2.75, 3.05) is 0 Å². The summed E-state index contributed by atoms with van der Waals surface area (Å²) in [5.41, 5.74) is -1.26. The molecule has 100 valence electrons. The summed E-state index contributed by atoms with van der Waals surface area (Å²) in [4.78, 5) is 0. The second-order valence-electron chi connectivity index (χ2n) is 6.71. The molecule has 0 saturated heterocycles. The van der Waals surface area contributed by atoms with E-state index in [1.165, 1.54) is 0 Å². The third-order valence-electron chi connectivity index (χ3n) is 4.45. The molecule has 4 heteroatoms. The molecule has 0 bridgehead atoms. The van der Waals surface area contributed by atoms with E-state index in [2.05, 4.69) is 26.1 Å². The number of alkyl halides is 3. The van der Waals surface area contributed by atoms with Crippen LogP contribution < -0.4 is 5.32 Å². The smallest absolute Gasteiger partial charge is 0.301 e. The Labute approximate surface area is 101 Å². The lowest BCUT2D eigenvalue weighted by atomic mass is 9.70. The van der Waals surface area contributed by atoms with Crippen LogP contribution in [-0.4, -0.2) is 17.8 Å². The van der Waals surface area contributed by atoms with Crippen molar-refractivity contribution >= 4 is 0 Å². The molecule has 17 heavy (non-hydrogen) atoms. The van der Waals surface area contributed by atoms with E-state index in [-0.39, 0.29) is 24.3 Å². The molecule has 2 aliphatic carbocycles. The Bertz CT molecular complexity index is 292. The standard InChI is InChI=1S/C13H22F3N/c1-9-8-11(2,3)5-4-10(9)17-12(6-7-12)13(14,15)16/h9-10,17H,4-8H2,1-3H3. The molecule has 0 aliphatic heterocycles. The lowest BCUT2D eigenvalue weighted by molar-refractivity contribution is -0.169. The van der Waals surface area contributed by atoms with Gasteiger partial charge in [0.2, 0.25) is 0 Å². The average Bonchev–Trinajstić information content (AvgIpc) is 2.89. The second-order valence-corrected chi connectivity index (χ2v) is 6.71. The molecule has 0 radical (unpaired) electrons. The Morgan fingerprint density at radius 3 is 2.12 bits per heavy atom. The Morgan fingerprint density at radius 2 is 1.71 bits per heavy atom. The van der Waals surface area contributed by atoms with Crippen LogP contribution in [0.15, 0.2) is 0 Å². The molecule has 0 aromatic heterocycles. The number of nitrogens with one attached hydrogen (secondary N) is 1. The van der Waals surface area contributed by atoms with Crippen molar-refractivity contribution in [2.45, 2.75) is 70.6 Å². The highest BCUT2D eigenvalue weighted by Crippen LogP contribution is 2.50. The van der Waals surface area contributed by atoms with Crippen LogP contribution in [0.3, 0.4) is 0 Å². The molecule has 2 saturated carbocycles. The molecule has 0 amide bonds. The fourth-order valence-corrected chi connectivity index (χ4v) is 3.15. The Morgan fingerprint density at radius 1 is 1.12 bits per heavy atom. The molecule has 0 aromatic rings. The maximum atomic E-state index is 12.9. The maximum absolute atomic E-state index is 12.9. The molecule has 2 unspecified atom stereocenters. The predicted octanol–water partition coefficient (Wildman–Crippen LogP) is 3.89. The maximum Gasteiger partial charge on any atom is 0.406 e. The lowest BCUT2D eigenvalue weighted by Gasteiger charge is -2.41. The summed E-state index contributed by atoms with van der Waals surface area (Å²) in [5, 5.41) is 2.91. The van der Waals surface area contributed by atoms with E-state index in [0.29, 0.717) is 5.92 Å². The highest BCUT2D eigenvalue weighted by Gasteiger charge is 2.64. The normalized spacial score (nSPS) is 35.6. The zero-order valence-electron chi connectivity index (χ0n) is 10.8. The Kier molecular flexibility index (Phi) is 3.00. The van der Waals surface area contributed by atoms with Crippen molar-refractivity contribution in [3.8, 4) is 0 Å². The molecule has 2 atom stereocenters. The largest absolute Gasteiger partial charge is 0.406 e. The Balaban J connectivity index is 1.97. The van der Waals surface area contributed by atoms with Crippen LogP contribution in [0.4, 0.5) is 13.2 Å². The monoisotopic (exact) mass is 249 g/mol. The van der Waals surface area contributed by atoms with Gasteiger partial charge in [-0.25, -0.2) is 0 Å². The van der Waals surface area contributed by atoms with E-state index in [4.69, 9.17) is 0 Å².